The van der Waals surface area contributed by atoms with Gasteiger partial charge >= 0.3 is 0 Å². The van der Waals surface area contributed by atoms with Crippen molar-refractivity contribution in [2.24, 2.45) is 9.98 Å². The monoisotopic (exact) mass is 421 g/mol. The van der Waals surface area contributed by atoms with E-state index in [1.807, 2.05) is 42.5 Å². The second-order valence-electron chi connectivity index (χ2n) is 7.71. The maximum absolute atomic E-state index is 12.5. The highest BCUT2D eigenvalue weighted by Crippen LogP contribution is 2.37. The minimum atomic E-state index is -0.337. The summed E-state index contributed by atoms with van der Waals surface area (Å²) >= 11 is 1.48. The summed E-state index contributed by atoms with van der Waals surface area (Å²) in [5.74, 6) is 1.01. The van der Waals surface area contributed by atoms with Gasteiger partial charge in [0, 0.05) is 11.3 Å². The van der Waals surface area contributed by atoms with Crippen molar-refractivity contribution in [2.75, 3.05) is 18.2 Å². The third kappa shape index (κ3) is 4.93. The number of ether oxygens (including phenoxy) is 1. The predicted molar refractivity (Wildman–Crippen MR) is 125 cm³/mol. The number of aliphatic imine (C=N–C) groups is 2. The van der Waals surface area contributed by atoms with Crippen molar-refractivity contribution in [1.29, 1.82) is 0 Å². The fraction of sp³-hybridized carbons (Fsp3) is 0.375. The van der Waals surface area contributed by atoms with E-state index < -0.39 is 0 Å². The maximum atomic E-state index is 12.5. The van der Waals surface area contributed by atoms with Crippen LogP contribution in [-0.2, 0) is 4.79 Å². The molecule has 1 fully saturated rings. The normalized spacial score (nSPS) is 17.8. The minimum absolute atomic E-state index is 0.0536. The fourth-order valence-corrected chi connectivity index (χ4v) is 4.81. The lowest BCUT2D eigenvalue weighted by molar-refractivity contribution is -0.113. The van der Waals surface area contributed by atoms with Gasteiger partial charge in [-0.1, -0.05) is 54.9 Å². The van der Waals surface area contributed by atoms with Crippen molar-refractivity contribution in [3.63, 3.8) is 0 Å². The van der Waals surface area contributed by atoms with E-state index in [2.05, 4.69) is 17.4 Å². The molecule has 1 N–H and O–H groups in total. The zero-order valence-corrected chi connectivity index (χ0v) is 18.1. The number of hydrogen-bond donors (Lipinski definition) is 1. The summed E-state index contributed by atoms with van der Waals surface area (Å²) in [7, 11) is 1.62. The molecule has 1 aliphatic carbocycles. The summed E-state index contributed by atoms with van der Waals surface area (Å²) in [6, 6.07) is 17.5. The summed E-state index contributed by atoms with van der Waals surface area (Å²) in [5.41, 5.74) is 2.42. The number of hydrogen-bond acceptors (Lipinski definition) is 5. The summed E-state index contributed by atoms with van der Waals surface area (Å²) in [5, 5.41) is 3.83. The van der Waals surface area contributed by atoms with Crippen molar-refractivity contribution in [3.8, 4) is 5.75 Å². The van der Waals surface area contributed by atoms with E-state index in [4.69, 9.17) is 14.7 Å². The average molecular weight is 422 g/mol. The van der Waals surface area contributed by atoms with Crippen LogP contribution < -0.4 is 10.1 Å². The number of nitrogens with zero attached hydrogens (tertiary/aromatic N) is 2. The zero-order chi connectivity index (χ0) is 20.8. The molecule has 1 spiro atoms. The Balaban J connectivity index is 1.47. The van der Waals surface area contributed by atoms with Gasteiger partial charge in [-0.15, -0.1) is 0 Å². The highest BCUT2D eigenvalue weighted by atomic mass is 32.2. The van der Waals surface area contributed by atoms with E-state index in [-0.39, 0.29) is 11.6 Å². The standard InChI is InChI=1S/C24H27N3O2S/c1-29-20-13-11-19(12-14-20)25-21(28)17-30-23-22(18-9-5-4-6-10-18)26-24(27-23)15-7-2-3-8-16-24/h4-6,9-14H,2-3,7-8,15-17H2,1H3,(H,25,28). The molecule has 2 aromatic carbocycles. The van der Waals surface area contributed by atoms with Gasteiger partial charge in [-0.2, -0.15) is 0 Å². The Bertz CT molecular complexity index is 931. The third-order valence-corrected chi connectivity index (χ3v) is 6.46. The van der Waals surface area contributed by atoms with Crippen molar-refractivity contribution >= 4 is 34.1 Å². The van der Waals surface area contributed by atoms with Crippen molar-refractivity contribution in [2.45, 2.75) is 44.2 Å². The molecule has 30 heavy (non-hydrogen) atoms. The highest BCUT2D eigenvalue weighted by Gasteiger charge is 2.37. The molecule has 0 bridgehead atoms. The number of thioether (sulfide) groups is 1. The molecule has 156 valence electrons. The average Bonchev–Trinajstić information content (AvgIpc) is 2.98. The quantitative estimate of drug-likeness (QED) is 0.711. The number of amides is 1. The Morgan fingerprint density at radius 2 is 1.70 bits per heavy atom. The molecule has 0 aromatic heterocycles. The van der Waals surface area contributed by atoms with Crippen molar-refractivity contribution < 1.29 is 9.53 Å². The van der Waals surface area contributed by atoms with Gasteiger partial charge in [0.1, 0.15) is 10.8 Å². The SMILES string of the molecule is COc1ccc(NC(=O)CSC2=NC3(CCCCCC3)N=C2c2ccccc2)cc1. The smallest absolute Gasteiger partial charge is 0.234 e. The van der Waals surface area contributed by atoms with E-state index >= 15 is 0 Å². The lowest BCUT2D eigenvalue weighted by Crippen LogP contribution is -2.20. The number of carbonyl (C=O) groups excluding carboxylic acids is 1. The molecule has 1 saturated carbocycles. The Morgan fingerprint density at radius 3 is 2.37 bits per heavy atom. The van der Waals surface area contributed by atoms with E-state index in [1.165, 1.54) is 24.6 Å². The number of methoxy groups -OCH3 is 1. The molecule has 4 rings (SSSR count). The molecule has 1 heterocycles. The largest absolute Gasteiger partial charge is 0.497 e. The first-order chi connectivity index (χ1) is 14.7. The Hall–Kier alpha value is -2.60. The lowest BCUT2D eigenvalue weighted by atomic mass is 10.0. The number of anilines is 1. The molecule has 5 nitrogen and oxygen atoms in total. The lowest BCUT2D eigenvalue weighted by Gasteiger charge is -2.20. The number of benzene rings is 2. The van der Waals surface area contributed by atoms with Gasteiger partial charge in [0.15, 0.2) is 5.66 Å². The maximum Gasteiger partial charge on any atom is 0.234 e. The summed E-state index contributed by atoms with van der Waals surface area (Å²) in [6.45, 7) is 0. The Morgan fingerprint density at radius 1 is 1.00 bits per heavy atom. The first-order valence-corrected chi connectivity index (χ1v) is 11.5. The van der Waals surface area contributed by atoms with Crippen molar-refractivity contribution in [1.82, 2.24) is 0 Å². The number of carbonyl (C=O) groups is 1. The van der Waals surface area contributed by atoms with Crippen LogP contribution >= 0.6 is 11.8 Å². The highest BCUT2D eigenvalue weighted by molar-refractivity contribution is 8.16. The van der Waals surface area contributed by atoms with Crippen LogP contribution in [0.4, 0.5) is 5.69 Å². The summed E-state index contributed by atoms with van der Waals surface area (Å²) in [6.07, 6.45) is 6.80. The Labute approximate surface area is 182 Å². The van der Waals surface area contributed by atoms with Crippen LogP contribution in [0.5, 0.6) is 5.75 Å². The van der Waals surface area contributed by atoms with Crippen LogP contribution in [0.25, 0.3) is 0 Å². The first-order valence-electron chi connectivity index (χ1n) is 10.5. The van der Waals surface area contributed by atoms with Crippen LogP contribution in [0.15, 0.2) is 64.6 Å². The minimum Gasteiger partial charge on any atom is -0.497 e. The van der Waals surface area contributed by atoms with Crippen LogP contribution in [0, 0.1) is 0 Å². The molecule has 2 aromatic rings. The van der Waals surface area contributed by atoms with Crippen LogP contribution in [-0.4, -0.2) is 35.2 Å². The molecular weight excluding hydrogens is 394 g/mol. The van der Waals surface area contributed by atoms with E-state index in [1.54, 1.807) is 7.11 Å². The molecule has 0 atom stereocenters. The number of rotatable bonds is 5. The zero-order valence-electron chi connectivity index (χ0n) is 17.3. The van der Waals surface area contributed by atoms with Gasteiger partial charge in [0.2, 0.25) is 5.91 Å². The van der Waals surface area contributed by atoms with Gasteiger partial charge in [-0.25, -0.2) is 4.99 Å². The van der Waals surface area contributed by atoms with Gasteiger partial charge in [0.05, 0.1) is 18.6 Å². The van der Waals surface area contributed by atoms with Crippen LogP contribution in [0.1, 0.15) is 44.1 Å². The molecule has 1 aliphatic heterocycles. The predicted octanol–water partition coefficient (Wildman–Crippen LogP) is 5.32. The van der Waals surface area contributed by atoms with E-state index in [9.17, 15) is 4.79 Å². The van der Waals surface area contributed by atoms with E-state index in [0.29, 0.717) is 5.75 Å². The molecule has 2 aliphatic rings. The van der Waals surface area contributed by atoms with Crippen molar-refractivity contribution in [3.05, 3.63) is 60.2 Å². The second-order valence-corrected chi connectivity index (χ2v) is 8.67. The summed E-state index contributed by atoms with van der Waals surface area (Å²) < 4.78 is 5.16. The Kier molecular flexibility index (Phi) is 6.53. The third-order valence-electron chi connectivity index (χ3n) is 5.50. The molecule has 1 amide bonds. The molecular formula is C24H27N3O2S. The fourth-order valence-electron chi connectivity index (χ4n) is 3.93. The second kappa shape index (κ2) is 9.47. The van der Waals surface area contributed by atoms with Gasteiger partial charge in [-0.3, -0.25) is 9.79 Å². The topological polar surface area (TPSA) is 63.0 Å². The molecule has 0 saturated heterocycles. The van der Waals surface area contributed by atoms with Crippen LogP contribution in [0.3, 0.4) is 0 Å². The molecule has 6 heteroatoms. The number of nitrogens with one attached hydrogen (secondary N) is 1. The first kappa shape index (κ1) is 20.7. The molecule has 0 unspecified atom stereocenters. The van der Waals surface area contributed by atoms with E-state index in [0.717, 1.165) is 53.4 Å². The van der Waals surface area contributed by atoms with Crippen LogP contribution in [0.2, 0.25) is 0 Å². The van der Waals surface area contributed by atoms with Gasteiger partial charge in [-0.05, 0) is 49.9 Å². The van der Waals surface area contributed by atoms with Gasteiger partial charge in [0.25, 0.3) is 0 Å². The van der Waals surface area contributed by atoms with Gasteiger partial charge < -0.3 is 10.1 Å². The molecule has 0 radical (unpaired) electrons. The summed E-state index contributed by atoms with van der Waals surface area (Å²) in [4.78, 5) is 22.7.